The number of aromatic nitrogens is 2. The highest BCUT2D eigenvalue weighted by atomic mass is 16.1. The first kappa shape index (κ1) is 13.3. The molecule has 5 heteroatoms. The fourth-order valence-corrected chi connectivity index (χ4v) is 1.71. The zero-order valence-corrected chi connectivity index (χ0v) is 11.6. The summed E-state index contributed by atoms with van der Waals surface area (Å²) in [4.78, 5) is 11.7. The first-order valence-electron chi connectivity index (χ1n) is 6.17. The van der Waals surface area contributed by atoms with Crippen LogP contribution in [-0.4, -0.2) is 10.2 Å². The smallest absolute Gasteiger partial charge is 0.292 e. The summed E-state index contributed by atoms with van der Waals surface area (Å²) in [6, 6.07) is 7.66. The Bertz CT molecular complexity index is 641. The van der Waals surface area contributed by atoms with Gasteiger partial charge in [0, 0.05) is 5.41 Å². The maximum atomic E-state index is 11.7. The van der Waals surface area contributed by atoms with Gasteiger partial charge in [-0.2, -0.15) is 5.11 Å². The second-order valence-corrected chi connectivity index (χ2v) is 5.59. The highest BCUT2D eigenvalue weighted by Crippen LogP contribution is 2.27. The van der Waals surface area contributed by atoms with Crippen LogP contribution in [0.4, 0.5) is 11.4 Å². The first-order valence-corrected chi connectivity index (χ1v) is 6.17. The zero-order chi connectivity index (χ0) is 14.0. The molecule has 1 heterocycles. The molecule has 0 spiro atoms. The summed E-state index contributed by atoms with van der Waals surface area (Å²) in [5.41, 5.74) is 2.54. The van der Waals surface area contributed by atoms with Gasteiger partial charge in [0.05, 0.1) is 11.4 Å². The van der Waals surface area contributed by atoms with Gasteiger partial charge in [0.2, 0.25) is 0 Å². The van der Waals surface area contributed by atoms with Gasteiger partial charge in [-0.15, -0.1) is 5.11 Å². The van der Waals surface area contributed by atoms with E-state index in [1.165, 1.54) is 0 Å². The van der Waals surface area contributed by atoms with Crippen molar-refractivity contribution in [2.24, 2.45) is 10.2 Å². The van der Waals surface area contributed by atoms with E-state index in [0.717, 1.165) is 16.9 Å². The van der Waals surface area contributed by atoms with E-state index in [1.54, 1.807) is 0 Å². The molecule has 0 saturated heterocycles. The van der Waals surface area contributed by atoms with E-state index in [4.69, 9.17) is 0 Å². The van der Waals surface area contributed by atoms with Crippen LogP contribution in [0.3, 0.4) is 0 Å². The summed E-state index contributed by atoms with van der Waals surface area (Å²) in [5, 5.41) is 13.6. The molecular formula is C14H18N4O. The quantitative estimate of drug-likeness (QED) is 0.791. The van der Waals surface area contributed by atoms with Crippen molar-refractivity contribution >= 4 is 11.4 Å². The molecule has 100 valence electrons. The topological polar surface area (TPSA) is 73.4 Å². The standard InChI is InChI=1S/C14H18N4O/c1-9-5-7-10(8-6-9)15-16-11-12(14(2,3)4)17-18-13(11)19/h5-8H,1-4H3,(H2,17,18,19). The van der Waals surface area contributed by atoms with Gasteiger partial charge in [-0.1, -0.05) is 38.5 Å². The molecule has 0 saturated carbocycles. The Morgan fingerprint density at radius 2 is 1.63 bits per heavy atom. The third-order valence-corrected chi connectivity index (χ3v) is 2.80. The molecule has 1 aromatic carbocycles. The Balaban J connectivity index is 2.36. The average molecular weight is 258 g/mol. The summed E-state index contributed by atoms with van der Waals surface area (Å²) in [7, 11) is 0. The second kappa shape index (κ2) is 4.84. The maximum Gasteiger partial charge on any atom is 0.292 e. The largest absolute Gasteiger partial charge is 0.299 e. The Labute approximate surface area is 111 Å². The number of hydrogen-bond donors (Lipinski definition) is 2. The van der Waals surface area contributed by atoms with Gasteiger partial charge in [-0.3, -0.25) is 15.0 Å². The Hall–Kier alpha value is -2.17. The summed E-state index contributed by atoms with van der Waals surface area (Å²) >= 11 is 0. The molecule has 0 amide bonds. The van der Waals surface area contributed by atoms with Crippen LogP contribution in [0.25, 0.3) is 0 Å². The van der Waals surface area contributed by atoms with Gasteiger partial charge >= 0.3 is 0 Å². The van der Waals surface area contributed by atoms with Crippen LogP contribution in [0.2, 0.25) is 0 Å². The molecule has 0 aliphatic heterocycles. The van der Waals surface area contributed by atoms with E-state index in [-0.39, 0.29) is 11.0 Å². The van der Waals surface area contributed by atoms with Crippen molar-refractivity contribution in [3.05, 3.63) is 45.9 Å². The monoisotopic (exact) mass is 258 g/mol. The fraction of sp³-hybridized carbons (Fsp3) is 0.357. The van der Waals surface area contributed by atoms with Crippen LogP contribution in [0.5, 0.6) is 0 Å². The first-order chi connectivity index (χ1) is 8.88. The van der Waals surface area contributed by atoms with Crippen molar-refractivity contribution in [2.45, 2.75) is 33.1 Å². The van der Waals surface area contributed by atoms with Crippen LogP contribution < -0.4 is 5.56 Å². The molecule has 2 aromatic rings. The SMILES string of the molecule is Cc1ccc(N=Nc2c(C(C)(C)C)[nH][nH]c2=O)cc1. The number of H-pyrrole nitrogens is 2. The van der Waals surface area contributed by atoms with E-state index in [1.807, 2.05) is 52.0 Å². The molecule has 1 aromatic heterocycles. The normalized spacial score (nSPS) is 12.2. The highest BCUT2D eigenvalue weighted by molar-refractivity contribution is 5.44. The van der Waals surface area contributed by atoms with Gasteiger partial charge in [0.25, 0.3) is 5.56 Å². The number of rotatable bonds is 2. The summed E-state index contributed by atoms with van der Waals surface area (Å²) < 4.78 is 0. The molecule has 5 nitrogen and oxygen atoms in total. The summed E-state index contributed by atoms with van der Waals surface area (Å²) in [5.74, 6) is 0. The number of aromatic amines is 2. The van der Waals surface area contributed by atoms with E-state index < -0.39 is 0 Å². The van der Waals surface area contributed by atoms with Crippen LogP contribution in [0.15, 0.2) is 39.3 Å². The summed E-state index contributed by atoms with van der Waals surface area (Å²) in [6.45, 7) is 8.04. The van der Waals surface area contributed by atoms with Gasteiger partial charge < -0.3 is 0 Å². The third-order valence-electron chi connectivity index (χ3n) is 2.80. The van der Waals surface area contributed by atoms with E-state index in [9.17, 15) is 4.79 Å². The minimum atomic E-state index is -0.249. The molecule has 2 N–H and O–H groups in total. The number of aryl methyl sites for hydroxylation is 1. The Morgan fingerprint density at radius 3 is 2.21 bits per heavy atom. The molecule has 2 rings (SSSR count). The molecular weight excluding hydrogens is 240 g/mol. The van der Waals surface area contributed by atoms with Crippen molar-refractivity contribution in [2.75, 3.05) is 0 Å². The fourth-order valence-electron chi connectivity index (χ4n) is 1.71. The average Bonchev–Trinajstić information content (AvgIpc) is 2.70. The van der Waals surface area contributed by atoms with Gasteiger partial charge in [0.1, 0.15) is 0 Å². The molecule has 0 bridgehead atoms. The van der Waals surface area contributed by atoms with E-state index in [2.05, 4.69) is 20.4 Å². The van der Waals surface area contributed by atoms with Crippen LogP contribution >= 0.6 is 0 Å². The molecule has 0 radical (unpaired) electrons. The van der Waals surface area contributed by atoms with E-state index >= 15 is 0 Å². The lowest BCUT2D eigenvalue weighted by molar-refractivity contribution is 0.567. The minimum Gasteiger partial charge on any atom is -0.299 e. The van der Waals surface area contributed by atoms with Crippen molar-refractivity contribution in [3.8, 4) is 0 Å². The van der Waals surface area contributed by atoms with E-state index in [0.29, 0.717) is 5.69 Å². The maximum absolute atomic E-state index is 11.7. The lowest BCUT2D eigenvalue weighted by Crippen LogP contribution is -2.12. The highest BCUT2D eigenvalue weighted by Gasteiger charge is 2.22. The minimum absolute atomic E-state index is 0.194. The van der Waals surface area contributed by atoms with Gasteiger partial charge in [0.15, 0.2) is 5.69 Å². The van der Waals surface area contributed by atoms with Crippen molar-refractivity contribution in [1.29, 1.82) is 0 Å². The molecule has 0 atom stereocenters. The van der Waals surface area contributed by atoms with Gasteiger partial charge in [-0.05, 0) is 19.1 Å². The third kappa shape index (κ3) is 2.99. The van der Waals surface area contributed by atoms with Gasteiger partial charge in [-0.25, -0.2) is 0 Å². The Kier molecular flexibility index (Phi) is 3.38. The molecule has 0 aliphatic carbocycles. The molecule has 19 heavy (non-hydrogen) atoms. The number of benzene rings is 1. The lowest BCUT2D eigenvalue weighted by Gasteiger charge is -2.15. The van der Waals surface area contributed by atoms with Crippen molar-refractivity contribution in [3.63, 3.8) is 0 Å². The number of nitrogens with zero attached hydrogens (tertiary/aromatic N) is 2. The predicted octanol–water partition coefficient (Wildman–Crippen LogP) is 3.72. The van der Waals surface area contributed by atoms with Crippen molar-refractivity contribution < 1.29 is 0 Å². The Morgan fingerprint density at radius 1 is 1.00 bits per heavy atom. The molecule has 0 aliphatic rings. The number of hydrogen-bond acceptors (Lipinski definition) is 3. The van der Waals surface area contributed by atoms with Crippen LogP contribution in [-0.2, 0) is 5.41 Å². The number of nitrogens with one attached hydrogen (secondary N) is 2. The number of azo groups is 1. The predicted molar refractivity (Wildman–Crippen MR) is 75.5 cm³/mol. The lowest BCUT2D eigenvalue weighted by atomic mass is 9.91. The van der Waals surface area contributed by atoms with Crippen LogP contribution in [0.1, 0.15) is 32.0 Å². The molecule has 0 unspecified atom stereocenters. The second-order valence-electron chi connectivity index (χ2n) is 5.59. The summed E-state index contributed by atoms with van der Waals surface area (Å²) in [6.07, 6.45) is 0. The van der Waals surface area contributed by atoms with Crippen LogP contribution in [0, 0.1) is 6.92 Å². The molecule has 0 fully saturated rings. The van der Waals surface area contributed by atoms with Crippen molar-refractivity contribution in [1.82, 2.24) is 10.2 Å². The zero-order valence-electron chi connectivity index (χ0n) is 11.6.